The molecule has 86 valence electrons. The molecular weight excluding hydrogens is 245 g/mol. The van der Waals surface area contributed by atoms with Gasteiger partial charge in [-0.3, -0.25) is 4.79 Å². The van der Waals surface area contributed by atoms with Gasteiger partial charge in [-0.05, 0) is 42.5 Å². The van der Waals surface area contributed by atoms with Gasteiger partial charge in [-0.15, -0.1) is 11.6 Å². The van der Waals surface area contributed by atoms with E-state index in [1.165, 1.54) is 5.56 Å². The monoisotopic (exact) mass is 257 g/mol. The summed E-state index contributed by atoms with van der Waals surface area (Å²) in [6, 6.07) is 5.94. The van der Waals surface area contributed by atoms with Gasteiger partial charge in [-0.25, -0.2) is 0 Å². The lowest BCUT2D eigenvalue weighted by Crippen LogP contribution is -2.31. The minimum absolute atomic E-state index is 0.00635. The van der Waals surface area contributed by atoms with Crippen LogP contribution in [0.5, 0.6) is 0 Å². The molecule has 1 aliphatic carbocycles. The highest BCUT2D eigenvalue weighted by molar-refractivity contribution is 6.30. The summed E-state index contributed by atoms with van der Waals surface area (Å²) in [5.41, 5.74) is 2.41. The van der Waals surface area contributed by atoms with Gasteiger partial charge in [0.25, 0.3) is 0 Å². The molecule has 0 aromatic heterocycles. The number of benzene rings is 1. The molecule has 0 bridgehead atoms. The zero-order valence-corrected chi connectivity index (χ0v) is 10.3. The molecule has 0 spiro atoms. The molecule has 0 aliphatic heterocycles. The summed E-state index contributed by atoms with van der Waals surface area (Å²) >= 11 is 11.5. The lowest BCUT2D eigenvalue weighted by molar-refractivity contribution is -0.119. The van der Waals surface area contributed by atoms with Crippen molar-refractivity contribution < 1.29 is 4.79 Å². The summed E-state index contributed by atoms with van der Waals surface area (Å²) in [6.45, 7) is 0. The van der Waals surface area contributed by atoms with E-state index in [1.54, 1.807) is 0 Å². The molecule has 16 heavy (non-hydrogen) atoms. The zero-order chi connectivity index (χ0) is 11.5. The van der Waals surface area contributed by atoms with Crippen LogP contribution in [0.25, 0.3) is 0 Å². The van der Waals surface area contributed by atoms with E-state index in [9.17, 15) is 4.79 Å². The Morgan fingerprint density at radius 2 is 2.31 bits per heavy atom. The van der Waals surface area contributed by atoms with Crippen molar-refractivity contribution in [2.24, 2.45) is 0 Å². The third kappa shape index (κ3) is 2.50. The van der Waals surface area contributed by atoms with Crippen molar-refractivity contribution in [3.8, 4) is 0 Å². The molecule has 0 radical (unpaired) electrons. The van der Waals surface area contributed by atoms with E-state index in [0.29, 0.717) is 5.02 Å². The van der Waals surface area contributed by atoms with E-state index >= 15 is 0 Å². The van der Waals surface area contributed by atoms with E-state index in [0.717, 1.165) is 24.8 Å². The highest BCUT2D eigenvalue weighted by atomic mass is 35.5. The number of nitrogens with one attached hydrogen (secondary N) is 1. The first-order chi connectivity index (χ1) is 7.70. The van der Waals surface area contributed by atoms with Crippen LogP contribution in [0, 0.1) is 0 Å². The Hall–Kier alpha value is -0.730. The highest BCUT2D eigenvalue weighted by Crippen LogP contribution is 2.31. The molecule has 1 aromatic rings. The van der Waals surface area contributed by atoms with Gasteiger partial charge in [0.2, 0.25) is 5.91 Å². The van der Waals surface area contributed by atoms with Crippen molar-refractivity contribution in [1.29, 1.82) is 0 Å². The van der Waals surface area contributed by atoms with Crippen LogP contribution < -0.4 is 5.32 Å². The van der Waals surface area contributed by atoms with E-state index in [2.05, 4.69) is 5.32 Å². The molecule has 2 rings (SSSR count). The Morgan fingerprint density at radius 1 is 1.50 bits per heavy atom. The van der Waals surface area contributed by atoms with Crippen LogP contribution >= 0.6 is 23.2 Å². The Bertz CT molecular complexity index is 406. The Balaban J connectivity index is 2.24. The summed E-state index contributed by atoms with van der Waals surface area (Å²) in [5.74, 6) is -0.119. The van der Waals surface area contributed by atoms with E-state index in [1.807, 2.05) is 18.2 Å². The van der Waals surface area contributed by atoms with Crippen LogP contribution in [0.4, 0.5) is 0 Å². The van der Waals surface area contributed by atoms with Gasteiger partial charge in [0.15, 0.2) is 0 Å². The summed E-state index contributed by atoms with van der Waals surface area (Å²) < 4.78 is 0. The van der Waals surface area contributed by atoms with Gasteiger partial charge in [-0.2, -0.15) is 0 Å². The number of amides is 1. The average Bonchev–Trinajstić information content (AvgIpc) is 2.29. The van der Waals surface area contributed by atoms with Gasteiger partial charge in [0.1, 0.15) is 5.88 Å². The first kappa shape index (κ1) is 11.7. The fourth-order valence-electron chi connectivity index (χ4n) is 2.15. The smallest absolute Gasteiger partial charge is 0.235 e. The predicted molar refractivity (Wildman–Crippen MR) is 66.0 cm³/mol. The number of fused-ring (bicyclic) bond motifs is 1. The molecule has 1 N–H and O–H groups in total. The largest absolute Gasteiger partial charge is 0.348 e. The SMILES string of the molecule is O=C(CCl)N[C@@H]1CCCc2ccc(Cl)cc21. The summed E-state index contributed by atoms with van der Waals surface area (Å²) in [6.07, 6.45) is 3.09. The normalized spacial score (nSPS) is 19.0. The maximum atomic E-state index is 11.3. The van der Waals surface area contributed by atoms with Crippen molar-refractivity contribution in [2.45, 2.75) is 25.3 Å². The van der Waals surface area contributed by atoms with Gasteiger partial charge < -0.3 is 5.32 Å². The van der Waals surface area contributed by atoms with Crippen LogP contribution in [0.1, 0.15) is 30.0 Å². The van der Waals surface area contributed by atoms with Gasteiger partial charge >= 0.3 is 0 Å². The Kier molecular flexibility index (Phi) is 3.72. The molecule has 1 aliphatic rings. The Labute approximate surface area is 105 Å². The third-order valence-electron chi connectivity index (χ3n) is 2.88. The van der Waals surface area contributed by atoms with E-state index in [-0.39, 0.29) is 17.8 Å². The minimum atomic E-state index is -0.125. The topological polar surface area (TPSA) is 29.1 Å². The number of aryl methyl sites for hydroxylation is 1. The van der Waals surface area contributed by atoms with Gasteiger partial charge in [-0.1, -0.05) is 17.7 Å². The predicted octanol–water partition coefficient (Wildman–Crippen LogP) is 3.07. The fraction of sp³-hybridized carbons (Fsp3) is 0.417. The van der Waals surface area contributed by atoms with E-state index < -0.39 is 0 Å². The summed E-state index contributed by atoms with van der Waals surface area (Å²) in [4.78, 5) is 11.3. The Morgan fingerprint density at radius 3 is 3.06 bits per heavy atom. The molecule has 2 nitrogen and oxygen atoms in total. The van der Waals surface area contributed by atoms with Crippen LogP contribution in [-0.2, 0) is 11.2 Å². The number of carbonyl (C=O) groups is 1. The van der Waals surface area contributed by atoms with Gasteiger partial charge in [0.05, 0.1) is 6.04 Å². The van der Waals surface area contributed by atoms with Crippen molar-refractivity contribution in [3.05, 3.63) is 34.3 Å². The minimum Gasteiger partial charge on any atom is -0.348 e. The van der Waals surface area contributed by atoms with E-state index in [4.69, 9.17) is 23.2 Å². The number of hydrogen-bond donors (Lipinski definition) is 1. The molecule has 0 saturated heterocycles. The quantitative estimate of drug-likeness (QED) is 0.811. The van der Waals surface area contributed by atoms with Crippen molar-refractivity contribution in [2.75, 3.05) is 5.88 Å². The molecule has 1 aromatic carbocycles. The second kappa shape index (κ2) is 5.07. The number of halogens is 2. The number of rotatable bonds is 2. The van der Waals surface area contributed by atoms with Crippen LogP contribution in [0.15, 0.2) is 18.2 Å². The van der Waals surface area contributed by atoms with Crippen LogP contribution in [0.2, 0.25) is 5.02 Å². The molecule has 0 saturated carbocycles. The molecule has 0 heterocycles. The summed E-state index contributed by atoms with van der Waals surface area (Å²) in [5, 5.41) is 3.64. The maximum absolute atomic E-state index is 11.3. The van der Waals surface area contributed by atoms with Crippen molar-refractivity contribution in [1.82, 2.24) is 5.32 Å². The summed E-state index contributed by atoms with van der Waals surface area (Å²) in [7, 11) is 0. The first-order valence-corrected chi connectivity index (χ1v) is 6.25. The second-order valence-electron chi connectivity index (χ2n) is 3.99. The molecule has 1 amide bonds. The number of hydrogen-bond acceptors (Lipinski definition) is 1. The van der Waals surface area contributed by atoms with Crippen molar-refractivity contribution >= 4 is 29.1 Å². The molecule has 4 heteroatoms. The molecule has 0 fully saturated rings. The van der Waals surface area contributed by atoms with Crippen LogP contribution in [0.3, 0.4) is 0 Å². The highest BCUT2D eigenvalue weighted by Gasteiger charge is 2.21. The van der Waals surface area contributed by atoms with Crippen LogP contribution in [-0.4, -0.2) is 11.8 Å². The van der Waals surface area contributed by atoms with Crippen molar-refractivity contribution in [3.63, 3.8) is 0 Å². The lowest BCUT2D eigenvalue weighted by Gasteiger charge is -2.26. The third-order valence-corrected chi connectivity index (χ3v) is 3.36. The zero-order valence-electron chi connectivity index (χ0n) is 8.80. The maximum Gasteiger partial charge on any atom is 0.235 e. The van der Waals surface area contributed by atoms with Gasteiger partial charge in [0, 0.05) is 5.02 Å². The number of carbonyl (C=O) groups excluding carboxylic acids is 1. The lowest BCUT2D eigenvalue weighted by atomic mass is 9.88. The first-order valence-electron chi connectivity index (χ1n) is 5.34. The number of alkyl halides is 1. The fourth-order valence-corrected chi connectivity index (χ4v) is 2.41. The second-order valence-corrected chi connectivity index (χ2v) is 4.69. The molecule has 1 atom stereocenters. The standard InChI is InChI=1S/C12H13Cl2NO/c13-7-12(16)15-11-3-1-2-8-4-5-9(14)6-10(8)11/h4-6,11H,1-3,7H2,(H,15,16)/t11-/m1/s1. The molecular formula is C12H13Cl2NO. The molecule has 0 unspecified atom stereocenters. The average molecular weight is 258 g/mol.